The maximum atomic E-state index is 11.3. The minimum absolute atomic E-state index is 0.116. The maximum absolute atomic E-state index is 11.3. The lowest BCUT2D eigenvalue weighted by atomic mass is 10.3. The van der Waals surface area contributed by atoms with Crippen LogP contribution >= 0.6 is 0 Å². The molecule has 0 unspecified atom stereocenters. The normalized spacial score (nSPS) is 10.1. The van der Waals surface area contributed by atoms with Crippen molar-refractivity contribution in [3.05, 3.63) is 28.2 Å². The summed E-state index contributed by atoms with van der Waals surface area (Å²) in [6.07, 6.45) is 1.90. The molecule has 1 heterocycles. The highest BCUT2D eigenvalue weighted by molar-refractivity contribution is 5.92. The van der Waals surface area contributed by atoms with Crippen molar-refractivity contribution in [2.24, 2.45) is 5.73 Å². The molecule has 1 aromatic heterocycles. The fourth-order valence-electron chi connectivity index (χ4n) is 1.06. The third-order valence-electron chi connectivity index (χ3n) is 1.87. The van der Waals surface area contributed by atoms with Crippen molar-refractivity contribution in [3.8, 4) is 0 Å². The van der Waals surface area contributed by atoms with Gasteiger partial charge in [-0.3, -0.25) is 10.2 Å². The molecule has 5 heteroatoms. The van der Waals surface area contributed by atoms with Gasteiger partial charge in [0.2, 0.25) is 0 Å². The van der Waals surface area contributed by atoms with Gasteiger partial charge in [-0.05, 0) is 12.5 Å². The van der Waals surface area contributed by atoms with Crippen LogP contribution in [-0.2, 0) is 6.54 Å². The lowest BCUT2D eigenvalue weighted by Gasteiger charge is -2.04. The van der Waals surface area contributed by atoms with Crippen molar-refractivity contribution in [1.82, 2.24) is 9.78 Å². The molecular weight excluding hydrogens is 180 g/mol. The van der Waals surface area contributed by atoms with Crippen LogP contribution in [0.2, 0.25) is 0 Å². The summed E-state index contributed by atoms with van der Waals surface area (Å²) in [6, 6.07) is 2.85. The second-order valence-electron chi connectivity index (χ2n) is 3.05. The van der Waals surface area contributed by atoms with Crippen molar-refractivity contribution < 1.29 is 0 Å². The van der Waals surface area contributed by atoms with Crippen molar-refractivity contribution in [3.63, 3.8) is 0 Å². The number of amidine groups is 1. The second-order valence-corrected chi connectivity index (χ2v) is 3.05. The summed E-state index contributed by atoms with van der Waals surface area (Å²) >= 11 is 0. The molecule has 0 aliphatic rings. The van der Waals surface area contributed by atoms with Crippen LogP contribution in [0.5, 0.6) is 0 Å². The van der Waals surface area contributed by atoms with Gasteiger partial charge in [-0.1, -0.05) is 13.3 Å². The number of nitrogens with two attached hydrogens (primary N) is 1. The highest BCUT2D eigenvalue weighted by Crippen LogP contribution is 1.92. The molecule has 0 aromatic carbocycles. The summed E-state index contributed by atoms with van der Waals surface area (Å²) in [6.45, 7) is 2.62. The van der Waals surface area contributed by atoms with Crippen LogP contribution < -0.4 is 11.3 Å². The van der Waals surface area contributed by atoms with Crippen LogP contribution in [0, 0.1) is 5.41 Å². The SMILES string of the molecule is CCCCn1nc(C(=N)N)ccc1=O. The zero-order chi connectivity index (χ0) is 10.6. The van der Waals surface area contributed by atoms with E-state index in [4.69, 9.17) is 11.1 Å². The van der Waals surface area contributed by atoms with Gasteiger partial charge in [0.15, 0.2) is 0 Å². The van der Waals surface area contributed by atoms with Gasteiger partial charge < -0.3 is 5.73 Å². The summed E-state index contributed by atoms with van der Waals surface area (Å²) < 4.78 is 1.35. The van der Waals surface area contributed by atoms with E-state index in [1.54, 1.807) is 0 Å². The number of aromatic nitrogens is 2. The Hall–Kier alpha value is -1.65. The quantitative estimate of drug-likeness (QED) is 0.535. The zero-order valence-electron chi connectivity index (χ0n) is 8.16. The van der Waals surface area contributed by atoms with E-state index < -0.39 is 0 Å². The summed E-state index contributed by atoms with van der Waals surface area (Å²) in [4.78, 5) is 11.3. The van der Waals surface area contributed by atoms with E-state index >= 15 is 0 Å². The Morgan fingerprint density at radius 2 is 2.36 bits per heavy atom. The molecule has 76 valence electrons. The topological polar surface area (TPSA) is 84.8 Å². The van der Waals surface area contributed by atoms with Gasteiger partial charge >= 0.3 is 0 Å². The molecule has 14 heavy (non-hydrogen) atoms. The van der Waals surface area contributed by atoms with Crippen LogP contribution in [-0.4, -0.2) is 15.6 Å². The van der Waals surface area contributed by atoms with E-state index in [-0.39, 0.29) is 11.4 Å². The van der Waals surface area contributed by atoms with Crippen molar-refractivity contribution in [2.45, 2.75) is 26.3 Å². The van der Waals surface area contributed by atoms with E-state index in [1.807, 2.05) is 6.92 Å². The first-order valence-corrected chi connectivity index (χ1v) is 4.57. The number of hydrogen-bond donors (Lipinski definition) is 2. The Balaban J connectivity index is 2.96. The number of aryl methyl sites for hydroxylation is 1. The third-order valence-corrected chi connectivity index (χ3v) is 1.87. The predicted octanol–water partition coefficient (Wildman–Crippen LogP) is 0.327. The minimum Gasteiger partial charge on any atom is -0.382 e. The van der Waals surface area contributed by atoms with E-state index in [0.29, 0.717) is 12.2 Å². The number of hydrogen-bond acceptors (Lipinski definition) is 3. The molecule has 0 atom stereocenters. The number of unbranched alkanes of at least 4 members (excludes halogenated alkanes) is 1. The fourth-order valence-corrected chi connectivity index (χ4v) is 1.06. The van der Waals surface area contributed by atoms with Gasteiger partial charge in [-0.2, -0.15) is 5.10 Å². The first-order valence-electron chi connectivity index (χ1n) is 4.57. The van der Waals surface area contributed by atoms with Crippen LogP contribution in [0.1, 0.15) is 25.5 Å². The summed E-state index contributed by atoms with van der Waals surface area (Å²) in [5.74, 6) is -0.116. The average molecular weight is 194 g/mol. The van der Waals surface area contributed by atoms with Gasteiger partial charge in [0.25, 0.3) is 5.56 Å². The predicted molar refractivity (Wildman–Crippen MR) is 54.4 cm³/mol. The molecule has 1 rings (SSSR count). The molecule has 0 aliphatic carbocycles. The van der Waals surface area contributed by atoms with E-state index in [1.165, 1.54) is 16.8 Å². The van der Waals surface area contributed by atoms with Crippen LogP contribution in [0.25, 0.3) is 0 Å². The summed E-state index contributed by atoms with van der Waals surface area (Å²) in [7, 11) is 0. The standard InChI is InChI=1S/C9H14N4O/c1-2-3-6-13-8(14)5-4-7(12-13)9(10)11/h4-5H,2-3,6H2,1H3,(H3,10,11). The van der Waals surface area contributed by atoms with Gasteiger partial charge in [-0.15, -0.1) is 0 Å². The summed E-state index contributed by atoms with van der Waals surface area (Å²) in [5.41, 5.74) is 5.47. The molecule has 1 aromatic rings. The lowest BCUT2D eigenvalue weighted by Crippen LogP contribution is -2.26. The number of nitrogens with zero attached hydrogens (tertiary/aromatic N) is 2. The van der Waals surface area contributed by atoms with E-state index in [2.05, 4.69) is 5.10 Å². The monoisotopic (exact) mass is 194 g/mol. The van der Waals surface area contributed by atoms with E-state index in [9.17, 15) is 4.79 Å². The average Bonchev–Trinajstić information content (AvgIpc) is 2.16. The highest BCUT2D eigenvalue weighted by Gasteiger charge is 2.01. The van der Waals surface area contributed by atoms with Gasteiger partial charge in [0.05, 0.1) is 0 Å². The number of rotatable bonds is 4. The molecule has 0 aliphatic heterocycles. The van der Waals surface area contributed by atoms with Crippen LogP contribution in [0.4, 0.5) is 0 Å². The molecule has 0 spiro atoms. The van der Waals surface area contributed by atoms with Crippen molar-refractivity contribution in [2.75, 3.05) is 0 Å². The lowest BCUT2D eigenvalue weighted by molar-refractivity contribution is 0.541. The molecule has 0 saturated carbocycles. The minimum atomic E-state index is -0.150. The van der Waals surface area contributed by atoms with Crippen molar-refractivity contribution >= 4 is 5.84 Å². The van der Waals surface area contributed by atoms with Crippen LogP contribution in [0.15, 0.2) is 16.9 Å². The first kappa shape index (κ1) is 10.4. The molecule has 0 radical (unpaired) electrons. The molecule has 0 amide bonds. The Bertz CT molecular complexity index is 383. The van der Waals surface area contributed by atoms with Gasteiger partial charge in [-0.25, -0.2) is 4.68 Å². The van der Waals surface area contributed by atoms with Crippen molar-refractivity contribution in [1.29, 1.82) is 5.41 Å². The van der Waals surface area contributed by atoms with E-state index in [0.717, 1.165) is 12.8 Å². The Morgan fingerprint density at radius 1 is 1.64 bits per heavy atom. The van der Waals surface area contributed by atoms with Crippen LogP contribution in [0.3, 0.4) is 0 Å². The fraction of sp³-hybridized carbons (Fsp3) is 0.444. The second kappa shape index (κ2) is 4.55. The molecule has 5 nitrogen and oxygen atoms in total. The Labute approximate surface area is 82.1 Å². The van der Waals surface area contributed by atoms with Gasteiger partial charge in [0, 0.05) is 12.6 Å². The highest BCUT2D eigenvalue weighted by atomic mass is 16.1. The molecule has 0 fully saturated rings. The van der Waals surface area contributed by atoms with Gasteiger partial charge in [0.1, 0.15) is 11.5 Å². The Morgan fingerprint density at radius 3 is 2.93 bits per heavy atom. The summed E-state index contributed by atoms with van der Waals surface area (Å²) in [5, 5.41) is 11.1. The smallest absolute Gasteiger partial charge is 0.266 e. The number of nitrogens with one attached hydrogen (secondary N) is 1. The molecule has 0 saturated heterocycles. The maximum Gasteiger partial charge on any atom is 0.266 e. The third kappa shape index (κ3) is 2.42. The number of nitrogen functional groups attached to an aromatic ring is 1. The first-order chi connectivity index (χ1) is 6.65. The Kier molecular flexibility index (Phi) is 3.39. The molecule has 0 bridgehead atoms. The zero-order valence-corrected chi connectivity index (χ0v) is 8.16. The molecule has 3 N–H and O–H groups in total. The molecular formula is C9H14N4O. The largest absolute Gasteiger partial charge is 0.382 e.